The molecule has 0 saturated carbocycles. The second kappa shape index (κ2) is 11.2. The zero-order valence-electron chi connectivity index (χ0n) is 18.5. The van der Waals surface area contributed by atoms with Crippen molar-refractivity contribution in [2.75, 3.05) is 30.9 Å². The van der Waals surface area contributed by atoms with Gasteiger partial charge in [-0.25, -0.2) is 18.4 Å². The minimum absolute atomic E-state index is 0.00418. The van der Waals surface area contributed by atoms with Gasteiger partial charge in [-0.05, 0) is 24.6 Å². The van der Waals surface area contributed by atoms with E-state index in [-0.39, 0.29) is 23.4 Å². The van der Waals surface area contributed by atoms with E-state index in [0.29, 0.717) is 28.2 Å². The number of thioether (sulfide) groups is 1. The van der Waals surface area contributed by atoms with Crippen molar-refractivity contribution in [3.05, 3.63) is 60.2 Å². The van der Waals surface area contributed by atoms with E-state index >= 15 is 0 Å². The first kappa shape index (κ1) is 24.6. The summed E-state index contributed by atoms with van der Waals surface area (Å²) < 4.78 is 38.9. The van der Waals surface area contributed by atoms with Crippen LogP contribution in [0, 0.1) is 0 Å². The summed E-state index contributed by atoms with van der Waals surface area (Å²) in [6, 6.07) is 15.3. The maximum atomic E-state index is 13.0. The van der Waals surface area contributed by atoms with Crippen molar-refractivity contribution in [2.45, 2.75) is 28.8 Å². The van der Waals surface area contributed by atoms with Gasteiger partial charge in [-0.2, -0.15) is 0 Å². The fourth-order valence-electron chi connectivity index (χ4n) is 2.82. The minimum atomic E-state index is -3.97. The van der Waals surface area contributed by atoms with E-state index < -0.39 is 10.0 Å². The van der Waals surface area contributed by atoms with Gasteiger partial charge in [0.2, 0.25) is 0 Å². The molecule has 3 aromatic rings. The Kier molecular flexibility index (Phi) is 8.37. The Labute approximate surface area is 197 Å². The van der Waals surface area contributed by atoms with Crippen LogP contribution in [0.15, 0.2) is 64.6 Å². The second-order valence-corrected chi connectivity index (χ2v) is 9.67. The molecule has 9 nitrogen and oxygen atoms in total. The van der Waals surface area contributed by atoms with Crippen LogP contribution in [0.2, 0.25) is 0 Å². The topological polar surface area (TPSA) is 123 Å². The molecule has 11 heteroatoms. The quantitative estimate of drug-likeness (QED) is 0.274. The first-order valence-corrected chi connectivity index (χ1v) is 12.5. The number of anilines is 2. The number of nitrogens with one attached hydrogen (secondary N) is 2. The summed E-state index contributed by atoms with van der Waals surface area (Å²) >= 11 is 1.37. The van der Waals surface area contributed by atoms with Crippen LogP contribution in [0.1, 0.15) is 12.5 Å². The summed E-state index contributed by atoms with van der Waals surface area (Å²) in [7, 11) is -1.06. The third kappa shape index (κ3) is 6.73. The van der Waals surface area contributed by atoms with Gasteiger partial charge < -0.3 is 19.9 Å². The Hall–Kier alpha value is -3.02. The van der Waals surface area contributed by atoms with E-state index in [0.717, 1.165) is 5.56 Å². The lowest BCUT2D eigenvalue weighted by Crippen LogP contribution is -2.21. The lowest BCUT2D eigenvalue weighted by atomic mass is 10.2. The van der Waals surface area contributed by atoms with Crippen molar-refractivity contribution in [3.8, 4) is 11.5 Å². The molecule has 0 aliphatic heterocycles. The molecule has 3 N–H and O–H groups in total. The number of sulfonamides is 1. The van der Waals surface area contributed by atoms with Crippen LogP contribution in [0.5, 0.6) is 11.5 Å². The van der Waals surface area contributed by atoms with Gasteiger partial charge in [0, 0.05) is 23.9 Å². The molecule has 1 heterocycles. The van der Waals surface area contributed by atoms with Gasteiger partial charge in [-0.1, -0.05) is 42.1 Å². The molecule has 0 spiro atoms. The maximum absolute atomic E-state index is 13.0. The highest BCUT2D eigenvalue weighted by atomic mass is 32.2. The molecule has 0 bridgehead atoms. The largest absolute Gasteiger partial charge is 0.493 e. The van der Waals surface area contributed by atoms with Crippen molar-refractivity contribution in [1.29, 1.82) is 0 Å². The number of nitrogens with zero attached hydrogens (tertiary/aromatic N) is 2. The van der Waals surface area contributed by atoms with Gasteiger partial charge in [-0.15, -0.1) is 0 Å². The van der Waals surface area contributed by atoms with Crippen LogP contribution in [0.3, 0.4) is 0 Å². The SMILES string of the molecule is COc1ccc(S(=O)(=O)Nc2cc(N[C@H](C)CO)nc(SCc3ccccc3)n2)cc1OC. The predicted molar refractivity (Wildman–Crippen MR) is 129 cm³/mol. The third-order valence-corrected chi connectivity index (χ3v) is 6.76. The van der Waals surface area contributed by atoms with Crippen LogP contribution < -0.4 is 19.5 Å². The molecule has 176 valence electrons. The smallest absolute Gasteiger partial charge is 0.263 e. The monoisotopic (exact) mass is 490 g/mol. The van der Waals surface area contributed by atoms with E-state index in [1.54, 1.807) is 6.92 Å². The zero-order valence-corrected chi connectivity index (χ0v) is 20.1. The van der Waals surface area contributed by atoms with Crippen molar-refractivity contribution in [3.63, 3.8) is 0 Å². The van der Waals surface area contributed by atoms with Crippen LogP contribution in [0.4, 0.5) is 11.6 Å². The normalized spacial score (nSPS) is 12.1. The van der Waals surface area contributed by atoms with E-state index in [1.807, 2.05) is 30.3 Å². The maximum Gasteiger partial charge on any atom is 0.263 e. The summed E-state index contributed by atoms with van der Waals surface area (Å²) in [6.07, 6.45) is 0. The van der Waals surface area contributed by atoms with Crippen molar-refractivity contribution < 1.29 is 23.0 Å². The number of aliphatic hydroxyl groups is 1. The summed E-state index contributed by atoms with van der Waals surface area (Å²) in [5, 5.41) is 12.8. The van der Waals surface area contributed by atoms with E-state index in [1.165, 1.54) is 50.2 Å². The average molecular weight is 491 g/mol. The lowest BCUT2D eigenvalue weighted by Gasteiger charge is -2.15. The van der Waals surface area contributed by atoms with E-state index in [2.05, 4.69) is 20.0 Å². The van der Waals surface area contributed by atoms with Gasteiger partial charge in [0.1, 0.15) is 11.6 Å². The molecule has 2 aromatic carbocycles. The van der Waals surface area contributed by atoms with Crippen LogP contribution >= 0.6 is 11.8 Å². The molecule has 1 aromatic heterocycles. The molecule has 0 saturated heterocycles. The number of hydrogen-bond donors (Lipinski definition) is 3. The molecular weight excluding hydrogens is 464 g/mol. The third-order valence-electron chi connectivity index (χ3n) is 4.49. The van der Waals surface area contributed by atoms with Gasteiger partial charge in [0.15, 0.2) is 16.7 Å². The molecule has 1 atom stereocenters. The molecule has 0 fully saturated rings. The van der Waals surface area contributed by atoms with E-state index in [4.69, 9.17) is 9.47 Å². The highest BCUT2D eigenvalue weighted by Crippen LogP contribution is 2.30. The highest BCUT2D eigenvalue weighted by Gasteiger charge is 2.19. The van der Waals surface area contributed by atoms with Crippen LogP contribution in [-0.2, 0) is 15.8 Å². The molecule has 3 rings (SSSR count). The van der Waals surface area contributed by atoms with Gasteiger partial charge in [0.25, 0.3) is 10.0 Å². The molecule has 0 unspecified atom stereocenters. The Bertz CT molecular complexity index is 1180. The summed E-state index contributed by atoms with van der Waals surface area (Å²) in [4.78, 5) is 8.82. The Balaban J connectivity index is 1.89. The Morgan fingerprint density at radius 3 is 2.36 bits per heavy atom. The number of aromatic nitrogens is 2. The summed E-state index contributed by atoms with van der Waals surface area (Å²) in [5.74, 6) is 1.82. The van der Waals surface area contributed by atoms with Gasteiger partial charge in [-0.3, -0.25) is 4.72 Å². The van der Waals surface area contributed by atoms with Crippen LogP contribution in [-0.4, -0.2) is 50.4 Å². The molecular formula is C22H26N4O5S2. The lowest BCUT2D eigenvalue weighted by molar-refractivity contribution is 0.281. The minimum Gasteiger partial charge on any atom is -0.493 e. The number of ether oxygens (including phenoxy) is 2. The van der Waals surface area contributed by atoms with E-state index in [9.17, 15) is 13.5 Å². The first-order chi connectivity index (χ1) is 15.8. The molecule has 0 radical (unpaired) electrons. The Morgan fingerprint density at radius 1 is 1.00 bits per heavy atom. The van der Waals surface area contributed by atoms with Crippen molar-refractivity contribution in [2.24, 2.45) is 0 Å². The van der Waals surface area contributed by atoms with Crippen molar-refractivity contribution in [1.82, 2.24) is 9.97 Å². The number of methoxy groups -OCH3 is 2. The molecule has 0 aliphatic carbocycles. The zero-order chi connectivity index (χ0) is 23.8. The molecule has 33 heavy (non-hydrogen) atoms. The Morgan fingerprint density at radius 2 is 1.70 bits per heavy atom. The standard InChI is InChI=1S/C22H26N4O5S2/c1-15(13-27)23-20-12-21(25-22(24-20)32-14-16-7-5-4-6-8-16)26-33(28,29)17-9-10-18(30-2)19(11-17)31-3/h4-12,15,27H,13-14H2,1-3H3,(H2,23,24,25,26)/t15-/m1/s1. The predicted octanol–water partition coefficient (Wildman–Crippen LogP) is 3.38. The number of hydrogen-bond acceptors (Lipinski definition) is 9. The van der Waals surface area contributed by atoms with Crippen molar-refractivity contribution >= 4 is 33.4 Å². The second-order valence-electron chi connectivity index (χ2n) is 7.05. The average Bonchev–Trinajstić information content (AvgIpc) is 2.82. The fourth-order valence-corrected chi connectivity index (χ4v) is 4.64. The highest BCUT2D eigenvalue weighted by molar-refractivity contribution is 7.98. The van der Waals surface area contributed by atoms with Gasteiger partial charge >= 0.3 is 0 Å². The summed E-state index contributed by atoms with van der Waals surface area (Å²) in [6.45, 7) is 1.68. The number of rotatable bonds is 11. The number of aliphatic hydroxyl groups excluding tert-OH is 1. The first-order valence-electron chi connectivity index (χ1n) is 10.0. The number of benzene rings is 2. The molecule has 0 amide bonds. The summed E-state index contributed by atoms with van der Waals surface area (Å²) in [5.41, 5.74) is 1.08. The van der Waals surface area contributed by atoms with Gasteiger partial charge in [0.05, 0.1) is 25.7 Å². The fraction of sp³-hybridized carbons (Fsp3) is 0.273. The van der Waals surface area contributed by atoms with Crippen LogP contribution in [0.25, 0.3) is 0 Å². The molecule has 0 aliphatic rings.